The van der Waals surface area contributed by atoms with E-state index < -0.39 is 0 Å². The van der Waals surface area contributed by atoms with Crippen LogP contribution < -0.4 is 15.4 Å². The standard InChI is InChI=1S/C14H19N3O2/c1-11(2)16-8-6-14(18)17-12-4-3-5-13(10-12)19-9-7-15/h3-5,10-11,16H,6,8-9H2,1-2H3,(H,17,18). The van der Waals surface area contributed by atoms with Gasteiger partial charge in [-0.05, 0) is 12.1 Å². The molecule has 0 fully saturated rings. The molecule has 19 heavy (non-hydrogen) atoms. The third-order valence-corrected chi connectivity index (χ3v) is 2.33. The van der Waals surface area contributed by atoms with Gasteiger partial charge in [0.25, 0.3) is 0 Å². The summed E-state index contributed by atoms with van der Waals surface area (Å²) < 4.78 is 5.17. The lowest BCUT2D eigenvalue weighted by atomic mass is 10.3. The molecule has 0 aliphatic rings. The highest BCUT2D eigenvalue weighted by molar-refractivity contribution is 5.90. The predicted molar refractivity (Wildman–Crippen MR) is 73.9 cm³/mol. The van der Waals surface area contributed by atoms with Gasteiger partial charge in [0.05, 0.1) is 0 Å². The van der Waals surface area contributed by atoms with E-state index in [4.69, 9.17) is 10.00 Å². The number of nitriles is 1. The summed E-state index contributed by atoms with van der Waals surface area (Å²) in [5.41, 5.74) is 0.671. The van der Waals surface area contributed by atoms with Gasteiger partial charge >= 0.3 is 0 Å². The van der Waals surface area contributed by atoms with E-state index >= 15 is 0 Å². The van der Waals surface area contributed by atoms with Crippen LogP contribution in [0, 0.1) is 11.3 Å². The van der Waals surface area contributed by atoms with Crippen molar-refractivity contribution >= 4 is 11.6 Å². The second-order valence-electron chi connectivity index (χ2n) is 4.38. The highest BCUT2D eigenvalue weighted by atomic mass is 16.5. The molecule has 1 rings (SSSR count). The molecule has 0 radical (unpaired) electrons. The molecule has 102 valence electrons. The number of hydrogen-bond donors (Lipinski definition) is 2. The van der Waals surface area contributed by atoms with Crippen LogP contribution in [0.15, 0.2) is 24.3 Å². The van der Waals surface area contributed by atoms with Crippen LogP contribution in [0.5, 0.6) is 5.75 Å². The van der Waals surface area contributed by atoms with Crippen molar-refractivity contribution in [1.82, 2.24) is 5.32 Å². The molecular formula is C14H19N3O2. The average molecular weight is 261 g/mol. The Balaban J connectivity index is 2.43. The summed E-state index contributed by atoms with van der Waals surface area (Å²) in [5.74, 6) is 0.519. The third-order valence-electron chi connectivity index (χ3n) is 2.33. The van der Waals surface area contributed by atoms with E-state index in [0.717, 1.165) is 0 Å². The van der Waals surface area contributed by atoms with Gasteiger partial charge in [-0.15, -0.1) is 0 Å². The number of carbonyl (C=O) groups excluding carboxylic acids is 1. The molecule has 1 aromatic carbocycles. The fraction of sp³-hybridized carbons (Fsp3) is 0.429. The lowest BCUT2D eigenvalue weighted by Crippen LogP contribution is -2.27. The second-order valence-corrected chi connectivity index (χ2v) is 4.38. The summed E-state index contributed by atoms with van der Waals surface area (Å²) in [6.07, 6.45) is 0.418. The first-order valence-corrected chi connectivity index (χ1v) is 6.25. The molecule has 5 heteroatoms. The van der Waals surface area contributed by atoms with Gasteiger partial charge < -0.3 is 15.4 Å². The molecule has 0 aliphatic heterocycles. The molecular weight excluding hydrogens is 242 g/mol. The summed E-state index contributed by atoms with van der Waals surface area (Å²) in [6.45, 7) is 4.71. The Bertz CT molecular complexity index is 452. The first-order chi connectivity index (χ1) is 9.11. The van der Waals surface area contributed by atoms with Crippen molar-refractivity contribution in [2.75, 3.05) is 18.5 Å². The molecule has 2 N–H and O–H groups in total. The number of rotatable bonds is 7. The molecule has 0 saturated heterocycles. The minimum Gasteiger partial charge on any atom is -0.479 e. The highest BCUT2D eigenvalue weighted by Gasteiger charge is 2.03. The fourth-order valence-corrected chi connectivity index (χ4v) is 1.48. The highest BCUT2D eigenvalue weighted by Crippen LogP contribution is 2.17. The van der Waals surface area contributed by atoms with E-state index in [9.17, 15) is 4.79 Å². The van der Waals surface area contributed by atoms with Gasteiger partial charge in [-0.25, -0.2) is 0 Å². The van der Waals surface area contributed by atoms with Crippen LogP contribution in [-0.2, 0) is 4.79 Å². The van der Waals surface area contributed by atoms with Crippen molar-refractivity contribution < 1.29 is 9.53 Å². The van der Waals surface area contributed by atoms with Gasteiger partial charge in [0.15, 0.2) is 6.61 Å². The Morgan fingerprint density at radius 3 is 2.95 bits per heavy atom. The molecule has 0 unspecified atom stereocenters. The van der Waals surface area contributed by atoms with Crippen LogP contribution in [0.4, 0.5) is 5.69 Å². The Hall–Kier alpha value is -2.06. The van der Waals surface area contributed by atoms with Crippen LogP contribution in [0.2, 0.25) is 0 Å². The monoisotopic (exact) mass is 261 g/mol. The normalized spacial score (nSPS) is 10.0. The lowest BCUT2D eigenvalue weighted by molar-refractivity contribution is -0.116. The number of benzene rings is 1. The van der Waals surface area contributed by atoms with Crippen molar-refractivity contribution in [1.29, 1.82) is 5.26 Å². The molecule has 0 bridgehead atoms. The van der Waals surface area contributed by atoms with Crippen molar-refractivity contribution in [3.63, 3.8) is 0 Å². The van der Waals surface area contributed by atoms with E-state index in [1.807, 2.05) is 19.9 Å². The number of amides is 1. The molecule has 0 saturated carbocycles. The summed E-state index contributed by atoms with van der Waals surface area (Å²) in [7, 11) is 0. The van der Waals surface area contributed by atoms with E-state index in [1.54, 1.807) is 24.3 Å². The fourth-order valence-electron chi connectivity index (χ4n) is 1.48. The number of carbonyl (C=O) groups is 1. The van der Waals surface area contributed by atoms with Crippen molar-refractivity contribution in [2.45, 2.75) is 26.3 Å². The number of anilines is 1. The SMILES string of the molecule is CC(C)NCCC(=O)Nc1cccc(OCC#N)c1. The number of ether oxygens (including phenoxy) is 1. The Kier molecular flexibility index (Phi) is 6.41. The first kappa shape index (κ1) is 15.0. The smallest absolute Gasteiger partial charge is 0.225 e. The predicted octanol–water partition coefficient (Wildman–Crippen LogP) is 1.92. The van der Waals surface area contributed by atoms with Crippen LogP contribution in [0.3, 0.4) is 0 Å². The molecule has 0 heterocycles. The lowest BCUT2D eigenvalue weighted by Gasteiger charge is -2.09. The van der Waals surface area contributed by atoms with Crippen LogP contribution in [-0.4, -0.2) is 25.1 Å². The Labute approximate surface area is 113 Å². The van der Waals surface area contributed by atoms with E-state index in [1.165, 1.54) is 0 Å². The quantitative estimate of drug-likeness (QED) is 0.786. The van der Waals surface area contributed by atoms with Gasteiger partial charge in [0, 0.05) is 30.8 Å². The average Bonchev–Trinajstić information content (AvgIpc) is 2.36. The summed E-state index contributed by atoms with van der Waals surface area (Å²) in [4.78, 5) is 11.7. The zero-order valence-corrected chi connectivity index (χ0v) is 11.3. The second kappa shape index (κ2) is 8.11. The number of nitrogens with one attached hydrogen (secondary N) is 2. The van der Waals surface area contributed by atoms with Crippen LogP contribution >= 0.6 is 0 Å². The van der Waals surface area contributed by atoms with Gasteiger partial charge in [-0.1, -0.05) is 19.9 Å². The number of hydrogen-bond acceptors (Lipinski definition) is 4. The molecule has 1 amide bonds. The van der Waals surface area contributed by atoms with E-state index in [0.29, 0.717) is 30.4 Å². The third kappa shape index (κ3) is 6.43. The van der Waals surface area contributed by atoms with Crippen molar-refractivity contribution in [2.24, 2.45) is 0 Å². The maximum Gasteiger partial charge on any atom is 0.225 e. The van der Waals surface area contributed by atoms with Crippen LogP contribution in [0.25, 0.3) is 0 Å². The maximum absolute atomic E-state index is 11.7. The van der Waals surface area contributed by atoms with Gasteiger partial charge in [0.1, 0.15) is 11.8 Å². The summed E-state index contributed by atoms with van der Waals surface area (Å²) in [6, 6.07) is 9.27. The van der Waals surface area contributed by atoms with Gasteiger partial charge in [-0.3, -0.25) is 4.79 Å². The first-order valence-electron chi connectivity index (χ1n) is 6.25. The molecule has 0 spiro atoms. The Morgan fingerprint density at radius 1 is 1.47 bits per heavy atom. The van der Waals surface area contributed by atoms with Crippen LogP contribution in [0.1, 0.15) is 20.3 Å². The Morgan fingerprint density at radius 2 is 2.26 bits per heavy atom. The van der Waals surface area contributed by atoms with Gasteiger partial charge in [0.2, 0.25) is 5.91 Å². The topological polar surface area (TPSA) is 74.2 Å². The molecule has 5 nitrogen and oxygen atoms in total. The largest absolute Gasteiger partial charge is 0.479 e. The minimum atomic E-state index is -0.0504. The molecule has 0 aromatic heterocycles. The summed E-state index contributed by atoms with van der Waals surface area (Å²) in [5, 5.41) is 14.4. The minimum absolute atomic E-state index is 0.00426. The maximum atomic E-state index is 11.7. The van der Waals surface area contributed by atoms with E-state index in [-0.39, 0.29) is 12.5 Å². The zero-order valence-electron chi connectivity index (χ0n) is 11.3. The van der Waals surface area contributed by atoms with Crippen molar-refractivity contribution in [3.05, 3.63) is 24.3 Å². The van der Waals surface area contributed by atoms with Gasteiger partial charge in [-0.2, -0.15) is 5.26 Å². The molecule has 0 aliphatic carbocycles. The zero-order chi connectivity index (χ0) is 14.1. The van der Waals surface area contributed by atoms with Crippen molar-refractivity contribution in [3.8, 4) is 11.8 Å². The number of nitrogens with zero attached hydrogens (tertiary/aromatic N) is 1. The van der Waals surface area contributed by atoms with E-state index in [2.05, 4.69) is 10.6 Å². The molecule has 0 atom stereocenters. The summed E-state index contributed by atoms with van der Waals surface area (Å²) >= 11 is 0. The molecule has 1 aromatic rings.